The van der Waals surface area contributed by atoms with Crippen LogP contribution in [-0.2, 0) is 18.4 Å². The molecule has 2 aliphatic rings. The molecule has 1 saturated heterocycles. The number of likely N-dealkylation sites (tertiary alicyclic amines) is 1. The third-order valence-electron chi connectivity index (χ3n) is 7.84. The lowest BCUT2D eigenvalue weighted by atomic mass is 9.63. The van der Waals surface area contributed by atoms with E-state index in [1.165, 1.54) is 43.0 Å². The van der Waals surface area contributed by atoms with Crippen molar-refractivity contribution in [1.82, 2.24) is 29.2 Å². The number of aryl methyl sites for hydroxylation is 1. The molecule has 4 aromatic rings. The van der Waals surface area contributed by atoms with Crippen molar-refractivity contribution < 1.29 is 9.13 Å². The maximum atomic E-state index is 15.1. The van der Waals surface area contributed by atoms with Crippen molar-refractivity contribution in [3.8, 4) is 11.1 Å². The summed E-state index contributed by atoms with van der Waals surface area (Å²) in [7, 11) is 1.67. The van der Waals surface area contributed by atoms with Crippen LogP contribution in [0.2, 0.25) is 0 Å². The van der Waals surface area contributed by atoms with Gasteiger partial charge in [0.1, 0.15) is 11.3 Å². The largest absolute Gasteiger partial charge is 0.374 e. The number of imidazole rings is 1. The van der Waals surface area contributed by atoms with Gasteiger partial charge in [0.05, 0.1) is 24.4 Å². The van der Waals surface area contributed by atoms with Crippen LogP contribution in [-0.4, -0.2) is 55.5 Å². The van der Waals surface area contributed by atoms with Gasteiger partial charge < -0.3 is 4.74 Å². The molecule has 0 atom stereocenters. The van der Waals surface area contributed by atoms with Crippen LogP contribution in [0.1, 0.15) is 44.8 Å². The van der Waals surface area contributed by atoms with Gasteiger partial charge in [-0.05, 0) is 44.2 Å². The Balaban J connectivity index is 1.21. The topological polar surface area (TPSA) is 78.1 Å². The second kappa shape index (κ2) is 8.74. The number of hydrogen-bond acceptors (Lipinski definition) is 6. The first kappa shape index (κ1) is 23.2. The molecule has 1 saturated carbocycles. The molecule has 6 rings (SSSR count). The Morgan fingerprint density at radius 1 is 1.17 bits per heavy atom. The number of nitrogens with zero attached hydrogens (tertiary/aromatic N) is 6. The lowest BCUT2D eigenvalue weighted by Crippen LogP contribution is -2.60. The Kier molecular flexibility index (Phi) is 5.64. The Morgan fingerprint density at radius 3 is 2.64 bits per heavy atom. The summed E-state index contributed by atoms with van der Waals surface area (Å²) < 4.78 is 24.1. The molecule has 1 aromatic carbocycles. The third-order valence-corrected chi connectivity index (χ3v) is 7.84. The zero-order chi connectivity index (χ0) is 25.0. The highest BCUT2D eigenvalue weighted by atomic mass is 19.1. The van der Waals surface area contributed by atoms with E-state index in [0.29, 0.717) is 51.8 Å². The van der Waals surface area contributed by atoms with Crippen molar-refractivity contribution in [2.75, 3.05) is 26.2 Å². The fourth-order valence-electron chi connectivity index (χ4n) is 5.71. The van der Waals surface area contributed by atoms with E-state index >= 15 is 4.39 Å². The fourth-order valence-corrected chi connectivity index (χ4v) is 5.71. The zero-order valence-corrected chi connectivity index (χ0v) is 21.0. The average Bonchev–Trinajstić information content (AvgIpc) is 3.07. The van der Waals surface area contributed by atoms with Gasteiger partial charge in [0, 0.05) is 61.5 Å². The van der Waals surface area contributed by atoms with E-state index in [1.807, 2.05) is 26.0 Å². The van der Waals surface area contributed by atoms with Gasteiger partial charge in [0.15, 0.2) is 5.65 Å². The van der Waals surface area contributed by atoms with Crippen LogP contribution in [0.15, 0.2) is 35.3 Å². The molecule has 0 amide bonds. The predicted octanol–water partition coefficient (Wildman–Crippen LogP) is 4.07. The molecular weight excluding hydrogens is 459 g/mol. The number of rotatable bonds is 7. The van der Waals surface area contributed by atoms with Gasteiger partial charge in [-0.3, -0.25) is 19.0 Å². The minimum atomic E-state index is -0.407. The first-order valence-corrected chi connectivity index (χ1v) is 12.7. The highest BCUT2D eigenvalue weighted by molar-refractivity contribution is 6.02. The summed E-state index contributed by atoms with van der Waals surface area (Å²) >= 11 is 0. The Labute approximate surface area is 208 Å². The molecule has 188 valence electrons. The van der Waals surface area contributed by atoms with Crippen molar-refractivity contribution >= 4 is 22.1 Å². The number of pyridine rings is 1. The number of hydrogen-bond donors (Lipinski definition) is 0. The Bertz CT molecular complexity index is 1500. The molecule has 1 aliphatic carbocycles. The quantitative estimate of drug-likeness (QED) is 0.364. The summed E-state index contributed by atoms with van der Waals surface area (Å²) in [6.45, 7) is 8.39. The van der Waals surface area contributed by atoms with Crippen LogP contribution in [0.5, 0.6) is 0 Å². The minimum Gasteiger partial charge on any atom is -0.374 e. The maximum Gasteiger partial charge on any atom is 0.330 e. The molecule has 0 radical (unpaired) electrons. The Hall–Kier alpha value is -3.17. The summed E-state index contributed by atoms with van der Waals surface area (Å²) in [5.74, 6) is -0.407. The molecule has 2 fully saturated rings. The highest BCUT2D eigenvalue weighted by Crippen LogP contribution is 2.47. The molecule has 3 aromatic heterocycles. The van der Waals surface area contributed by atoms with Crippen LogP contribution in [0, 0.1) is 11.2 Å². The normalized spacial score (nSPS) is 17.2. The van der Waals surface area contributed by atoms with Crippen molar-refractivity contribution in [3.63, 3.8) is 0 Å². The van der Waals surface area contributed by atoms with Crippen LogP contribution >= 0.6 is 0 Å². The van der Waals surface area contributed by atoms with Crippen molar-refractivity contribution in [3.05, 3.63) is 52.5 Å². The van der Waals surface area contributed by atoms with E-state index < -0.39 is 5.82 Å². The lowest BCUT2D eigenvalue weighted by Gasteiger charge is -2.56. The van der Waals surface area contributed by atoms with Crippen LogP contribution in [0.4, 0.5) is 4.39 Å². The molecule has 9 heteroatoms. The average molecular weight is 491 g/mol. The SMILES string of the molecule is CC(C)n1c(=O)n(C)c2nnc3cc(F)c(-c4ccc(COCCN5CC6(CCC6)C5)nc4)cc3c21. The fraction of sp³-hybridized carbons (Fsp3) is 0.481. The van der Waals surface area contributed by atoms with E-state index in [-0.39, 0.29) is 11.7 Å². The predicted molar refractivity (Wildman–Crippen MR) is 136 cm³/mol. The van der Waals surface area contributed by atoms with E-state index in [1.54, 1.807) is 23.9 Å². The van der Waals surface area contributed by atoms with Crippen LogP contribution < -0.4 is 5.69 Å². The third kappa shape index (κ3) is 3.81. The molecule has 1 spiro atoms. The summed E-state index contributed by atoms with van der Waals surface area (Å²) in [6.07, 6.45) is 5.84. The van der Waals surface area contributed by atoms with Gasteiger partial charge in [-0.15, -0.1) is 10.2 Å². The molecule has 0 unspecified atom stereocenters. The summed E-state index contributed by atoms with van der Waals surface area (Å²) in [5.41, 5.74) is 3.89. The van der Waals surface area contributed by atoms with E-state index in [4.69, 9.17) is 4.74 Å². The smallest absolute Gasteiger partial charge is 0.330 e. The van der Waals surface area contributed by atoms with Gasteiger partial charge >= 0.3 is 5.69 Å². The second-order valence-electron chi connectivity index (χ2n) is 10.7. The van der Waals surface area contributed by atoms with Crippen molar-refractivity contribution in [2.45, 2.75) is 45.8 Å². The van der Waals surface area contributed by atoms with Crippen LogP contribution in [0.3, 0.4) is 0 Å². The van der Waals surface area contributed by atoms with Crippen LogP contribution in [0.25, 0.3) is 33.2 Å². The molecule has 4 heterocycles. The van der Waals surface area contributed by atoms with Gasteiger partial charge in [-0.1, -0.05) is 12.5 Å². The van der Waals surface area contributed by atoms with Gasteiger partial charge in [-0.25, -0.2) is 9.18 Å². The second-order valence-corrected chi connectivity index (χ2v) is 10.7. The van der Waals surface area contributed by atoms with E-state index in [0.717, 1.165) is 12.2 Å². The monoisotopic (exact) mass is 490 g/mol. The number of aromatic nitrogens is 5. The first-order valence-electron chi connectivity index (χ1n) is 12.7. The van der Waals surface area contributed by atoms with Crippen molar-refractivity contribution in [1.29, 1.82) is 0 Å². The number of fused-ring (bicyclic) bond motifs is 3. The number of halogens is 1. The van der Waals surface area contributed by atoms with Gasteiger partial charge in [0.25, 0.3) is 0 Å². The number of ether oxygens (including phenoxy) is 1. The lowest BCUT2D eigenvalue weighted by molar-refractivity contribution is -0.0707. The highest BCUT2D eigenvalue weighted by Gasteiger charge is 2.46. The minimum absolute atomic E-state index is 0.0801. The van der Waals surface area contributed by atoms with Gasteiger partial charge in [-0.2, -0.15) is 0 Å². The molecule has 8 nitrogen and oxygen atoms in total. The van der Waals surface area contributed by atoms with E-state index in [2.05, 4.69) is 20.1 Å². The summed E-state index contributed by atoms with van der Waals surface area (Å²) in [6, 6.07) is 6.77. The Morgan fingerprint density at radius 2 is 1.97 bits per heavy atom. The van der Waals surface area contributed by atoms with E-state index in [9.17, 15) is 4.79 Å². The molecule has 1 aliphatic heterocycles. The molecule has 36 heavy (non-hydrogen) atoms. The number of benzene rings is 1. The summed E-state index contributed by atoms with van der Waals surface area (Å²) in [4.78, 5) is 19.8. The molecule has 0 bridgehead atoms. The van der Waals surface area contributed by atoms with Gasteiger partial charge in [0.2, 0.25) is 0 Å². The zero-order valence-electron chi connectivity index (χ0n) is 21.0. The standard InChI is InChI=1S/C27H31FN6O2/c1-17(2)34-24-21-11-20(22(28)12-23(21)30-31-25(24)32(3)26(34)35)18-5-6-19(29-13-18)14-36-10-9-33-15-27(16-33)7-4-8-27/h5-6,11-13,17H,4,7-10,14-16H2,1-3H3. The molecule has 0 N–H and O–H groups in total. The maximum absolute atomic E-state index is 15.1. The molecular formula is C27H31FN6O2. The summed E-state index contributed by atoms with van der Waals surface area (Å²) in [5, 5.41) is 9.05. The van der Waals surface area contributed by atoms with Crippen molar-refractivity contribution in [2.24, 2.45) is 12.5 Å². The first-order chi connectivity index (χ1) is 17.3.